The summed E-state index contributed by atoms with van der Waals surface area (Å²) in [6, 6.07) is 8.33. The molecule has 2 heteroatoms. The van der Waals surface area contributed by atoms with E-state index in [0.29, 0.717) is 5.92 Å². The molecule has 0 saturated heterocycles. The lowest BCUT2D eigenvalue weighted by atomic mass is 9.92. The zero-order valence-corrected chi connectivity index (χ0v) is 10.6. The molecule has 0 spiro atoms. The fourth-order valence-corrected chi connectivity index (χ4v) is 2.07. The summed E-state index contributed by atoms with van der Waals surface area (Å²) in [5.41, 5.74) is 3.78. The SMILES string of the molecule is CC1=CN=C(c2cccc(Br)c2)CC1C. The summed E-state index contributed by atoms with van der Waals surface area (Å²) >= 11 is 3.49. The van der Waals surface area contributed by atoms with E-state index in [0.717, 1.165) is 10.9 Å². The molecule has 15 heavy (non-hydrogen) atoms. The summed E-state index contributed by atoms with van der Waals surface area (Å²) in [5, 5.41) is 0. The van der Waals surface area contributed by atoms with E-state index in [1.54, 1.807) is 0 Å². The number of allylic oxidation sites excluding steroid dienone is 1. The van der Waals surface area contributed by atoms with E-state index in [1.807, 2.05) is 12.3 Å². The maximum Gasteiger partial charge on any atom is 0.0482 e. The Morgan fingerprint density at radius 1 is 1.40 bits per heavy atom. The molecule has 0 aliphatic carbocycles. The van der Waals surface area contributed by atoms with Crippen LogP contribution in [0.3, 0.4) is 0 Å². The number of halogens is 1. The van der Waals surface area contributed by atoms with Crippen molar-refractivity contribution in [1.29, 1.82) is 0 Å². The lowest BCUT2D eigenvalue weighted by Gasteiger charge is -2.18. The molecule has 0 aromatic heterocycles. The second-order valence-electron chi connectivity index (χ2n) is 4.06. The fraction of sp³-hybridized carbons (Fsp3) is 0.308. The molecule has 1 aliphatic heterocycles. The Labute approximate surface area is 99.1 Å². The van der Waals surface area contributed by atoms with E-state index in [1.165, 1.54) is 16.8 Å². The van der Waals surface area contributed by atoms with Gasteiger partial charge in [-0.1, -0.05) is 40.6 Å². The normalized spacial score (nSPS) is 20.9. The summed E-state index contributed by atoms with van der Waals surface area (Å²) in [5.74, 6) is 0.608. The molecule has 0 saturated carbocycles. The minimum atomic E-state index is 0.608. The van der Waals surface area contributed by atoms with Gasteiger partial charge in [-0.15, -0.1) is 0 Å². The van der Waals surface area contributed by atoms with E-state index in [2.05, 4.69) is 53.0 Å². The molecular formula is C13H14BrN. The second kappa shape index (κ2) is 4.31. The van der Waals surface area contributed by atoms with Crippen LogP contribution in [-0.4, -0.2) is 5.71 Å². The number of benzene rings is 1. The number of nitrogens with zero attached hydrogens (tertiary/aromatic N) is 1. The van der Waals surface area contributed by atoms with Gasteiger partial charge >= 0.3 is 0 Å². The first-order valence-corrected chi connectivity index (χ1v) is 5.95. The monoisotopic (exact) mass is 263 g/mol. The molecule has 1 nitrogen and oxygen atoms in total. The third-order valence-electron chi connectivity index (χ3n) is 2.86. The van der Waals surface area contributed by atoms with Crippen molar-refractivity contribution >= 4 is 21.6 Å². The first-order chi connectivity index (χ1) is 7.16. The number of hydrogen-bond acceptors (Lipinski definition) is 1. The minimum Gasteiger partial charge on any atom is -0.261 e. The van der Waals surface area contributed by atoms with Crippen LogP contribution in [0.25, 0.3) is 0 Å². The Bertz CT molecular complexity index is 432. The zero-order chi connectivity index (χ0) is 10.8. The van der Waals surface area contributed by atoms with Crippen LogP contribution in [0.2, 0.25) is 0 Å². The Balaban J connectivity index is 2.33. The van der Waals surface area contributed by atoms with Crippen LogP contribution in [0.5, 0.6) is 0 Å². The van der Waals surface area contributed by atoms with Gasteiger partial charge in [-0.25, -0.2) is 0 Å². The smallest absolute Gasteiger partial charge is 0.0482 e. The van der Waals surface area contributed by atoms with Gasteiger partial charge in [0.25, 0.3) is 0 Å². The highest BCUT2D eigenvalue weighted by Crippen LogP contribution is 2.23. The molecule has 2 rings (SSSR count). The van der Waals surface area contributed by atoms with Crippen molar-refractivity contribution in [1.82, 2.24) is 0 Å². The molecule has 1 aliphatic rings. The number of rotatable bonds is 1. The van der Waals surface area contributed by atoms with Gasteiger partial charge < -0.3 is 0 Å². The van der Waals surface area contributed by atoms with Gasteiger partial charge in [0.2, 0.25) is 0 Å². The summed E-state index contributed by atoms with van der Waals surface area (Å²) in [4.78, 5) is 4.51. The van der Waals surface area contributed by atoms with E-state index in [4.69, 9.17) is 0 Å². The molecule has 1 aromatic rings. The van der Waals surface area contributed by atoms with E-state index in [-0.39, 0.29) is 0 Å². The average Bonchev–Trinajstić information content (AvgIpc) is 2.22. The Hall–Kier alpha value is -0.890. The van der Waals surface area contributed by atoms with E-state index in [9.17, 15) is 0 Å². The van der Waals surface area contributed by atoms with E-state index < -0.39 is 0 Å². The van der Waals surface area contributed by atoms with Crippen molar-refractivity contribution in [2.45, 2.75) is 20.3 Å². The molecule has 78 valence electrons. The average molecular weight is 264 g/mol. The summed E-state index contributed by atoms with van der Waals surface area (Å²) in [6.45, 7) is 4.39. The molecular weight excluding hydrogens is 250 g/mol. The van der Waals surface area contributed by atoms with Gasteiger partial charge in [-0.2, -0.15) is 0 Å². The Morgan fingerprint density at radius 3 is 2.87 bits per heavy atom. The first-order valence-electron chi connectivity index (χ1n) is 5.16. The molecule has 0 fully saturated rings. The predicted octanol–water partition coefficient (Wildman–Crippen LogP) is 4.18. The van der Waals surface area contributed by atoms with Crippen LogP contribution in [0, 0.1) is 5.92 Å². The predicted molar refractivity (Wildman–Crippen MR) is 68.2 cm³/mol. The summed E-state index contributed by atoms with van der Waals surface area (Å²) in [6.07, 6.45) is 3.03. The maximum absolute atomic E-state index is 4.51. The molecule has 0 radical (unpaired) electrons. The van der Waals surface area contributed by atoms with Crippen LogP contribution in [0.4, 0.5) is 0 Å². The van der Waals surface area contributed by atoms with Crippen molar-refractivity contribution in [2.24, 2.45) is 10.9 Å². The van der Waals surface area contributed by atoms with Gasteiger partial charge in [-0.05, 0) is 37.0 Å². The summed E-state index contributed by atoms with van der Waals surface area (Å²) < 4.78 is 1.11. The van der Waals surface area contributed by atoms with Crippen molar-refractivity contribution in [2.75, 3.05) is 0 Å². The summed E-state index contributed by atoms with van der Waals surface area (Å²) in [7, 11) is 0. The fourth-order valence-electron chi connectivity index (χ4n) is 1.67. The molecule has 1 unspecified atom stereocenters. The number of hydrogen-bond donors (Lipinski definition) is 0. The second-order valence-corrected chi connectivity index (χ2v) is 4.98. The first kappa shape index (κ1) is 10.6. The topological polar surface area (TPSA) is 12.4 Å². The third-order valence-corrected chi connectivity index (χ3v) is 3.35. The molecule has 1 atom stereocenters. The maximum atomic E-state index is 4.51. The van der Waals surface area contributed by atoms with Crippen LogP contribution >= 0.6 is 15.9 Å². The third kappa shape index (κ3) is 2.37. The van der Waals surface area contributed by atoms with Crippen LogP contribution in [0.15, 0.2) is 45.5 Å². The molecule has 0 N–H and O–H groups in total. The van der Waals surface area contributed by atoms with Crippen molar-refractivity contribution in [3.8, 4) is 0 Å². The van der Waals surface area contributed by atoms with Gasteiger partial charge in [0.1, 0.15) is 0 Å². The standard InChI is InChI=1S/C13H14BrN/c1-9-6-13(15-8-10(9)2)11-4-3-5-12(14)7-11/h3-5,7-9H,6H2,1-2H3. The van der Waals surface area contributed by atoms with E-state index >= 15 is 0 Å². The zero-order valence-electron chi connectivity index (χ0n) is 9.00. The molecule has 1 heterocycles. The largest absolute Gasteiger partial charge is 0.261 e. The van der Waals surface area contributed by atoms with Crippen molar-refractivity contribution < 1.29 is 0 Å². The number of aliphatic imine (C=N–C) groups is 1. The van der Waals surface area contributed by atoms with Gasteiger partial charge in [0.05, 0.1) is 0 Å². The molecule has 0 bridgehead atoms. The van der Waals surface area contributed by atoms with Gasteiger partial charge in [0, 0.05) is 16.4 Å². The highest BCUT2D eigenvalue weighted by Gasteiger charge is 2.14. The van der Waals surface area contributed by atoms with Gasteiger partial charge in [-0.3, -0.25) is 4.99 Å². The van der Waals surface area contributed by atoms with Crippen LogP contribution in [-0.2, 0) is 0 Å². The Morgan fingerprint density at radius 2 is 2.20 bits per heavy atom. The highest BCUT2D eigenvalue weighted by atomic mass is 79.9. The Kier molecular flexibility index (Phi) is 3.06. The molecule has 1 aromatic carbocycles. The van der Waals surface area contributed by atoms with Crippen LogP contribution < -0.4 is 0 Å². The molecule has 0 amide bonds. The quantitative estimate of drug-likeness (QED) is 0.721. The lowest BCUT2D eigenvalue weighted by molar-refractivity contribution is 0.702. The van der Waals surface area contributed by atoms with Crippen LogP contribution in [0.1, 0.15) is 25.8 Å². The minimum absolute atomic E-state index is 0.608. The highest BCUT2D eigenvalue weighted by molar-refractivity contribution is 9.10. The lowest BCUT2D eigenvalue weighted by Crippen LogP contribution is -2.11. The van der Waals surface area contributed by atoms with Crippen molar-refractivity contribution in [3.05, 3.63) is 46.1 Å². The van der Waals surface area contributed by atoms with Gasteiger partial charge in [0.15, 0.2) is 0 Å². The van der Waals surface area contributed by atoms with Crippen molar-refractivity contribution in [3.63, 3.8) is 0 Å².